The number of aliphatic hydroxyl groups excluding tert-OH is 1. The summed E-state index contributed by atoms with van der Waals surface area (Å²) < 4.78 is 6.39. The number of nitrogens with one attached hydrogen (secondary N) is 3. The molecule has 69 heavy (non-hydrogen) atoms. The lowest BCUT2D eigenvalue weighted by Crippen LogP contribution is -2.74. The fourth-order valence-corrected chi connectivity index (χ4v) is 11.9. The van der Waals surface area contributed by atoms with Crippen LogP contribution in [0.1, 0.15) is 126 Å². The Morgan fingerprint density at radius 3 is 2.28 bits per heavy atom. The molecule has 2 saturated heterocycles. The molecule has 15 heteroatoms. The number of aliphatic hydroxyl groups is 1. The van der Waals surface area contributed by atoms with E-state index in [1.165, 1.54) is 10.5 Å². The number of unbranched alkanes of at least 4 members (excludes halogenated alkanes) is 1. The number of nitrogens with zero attached hydrogens (tertiary/aromatic N) is 4. The lowest BCUT2D eigenvalue weighted by Gasteiger charge is -2.63. The molecule has 3 aliphatic rings. The van der Waals surface area contributed by atoms with Gasteiger partial charge in [0.15, 0.2) is 0 Å². The molecular formula is C54H68ClN7O6S. The van der Waals surface area contributed by atoms with E-state index >= 15 is 0 Å². The predicted molar refractivity (Wildman–Crippen MR) is 270 cm³/mol. The second-order valence-corrected chi connectivity index (χ2v) is 22.7. The van der Waals surface area contributed by atoms with Crippen molar-refractivity contribution in [1.29, 1.82) is 5.26 Å². The Morgan fingerprint density at radius 1 is 0.986 bits per heavy atom. The molecule has 1 saturated carbocycles. The molecule has 4 amide bonds. The number of aryl methyl sites for hydroxylation is 1. The quantitative estimate of drug-likeness (QED) is 0.0803. The summed E-state index contributed by atoms with van der Waals surface area (Å²) in [5, 5.41) is 29.5. The second-order valence-electron chi connectivity index (χ2n) is 21.4. The van der Waals surface area contributed by atoms with Crippen molar-refractivity contribution in [3.05, 3.63) is 105 Å². The lowest BCUT2D eigenvalue weighted by molar-refractivity contribution is -0.164. The van der Waals surface area contributed by atoms with Gasteiger partial charge in [-0.1, -0.05) is 96.5 Å². The largest absolute Gasteiger partial charge is 0.489 e. The molecule has 0 radical (unpaired) electrons. The van der Waals surface area contributed by atoms with Crippen LogP contribution in [-0.2, 0) is 20.9 Å². The van der Waals surface area contributed by atoms with Crippen molar-refractivity contribution in [2.75, 3.05) is 26.2 Å². The maximum Gasteiger partial charge on any atom is 0.251 e. The summed E-state index contributed by atoms with van der Waals surface area (Å²) >= 11 is 7.85. The maximum atomic E-state index is 14.1. The van der Waals surface area contributed by atoms with Gasteiger partial charge < -0.3 is 35.6 Å². The zero-order chi connectivity index (χ0) is 49.8. The zero-order valence-corrected chi connectivity index (χ0v) is 42.8. The molecule has 3 heterocycles. The summed E-state index contributed by atoms with van der Waals surface area (Å²) in [5.74, 6) is -0.0398. The summed E-state index contributed by atoms with van der Waals surface area (Å²) in [7, 11) is 0. The minimum absolute atomic E-state index is 0.0252. The smallest absolute Gasteiger partial charge is 0.251 e. The summed E-state index contributed by atoms with van der Waals surface area (Å²) in [6.07, 6.45) is 2.90. The molecule has 4 N–H and O–H groups in total. The third kappa shape index (κ3) is 11.8. The van der Waals surface area contributed by atoms with Crippen LogP contribution in [0.2, 0.25) is 5.02 Å². The standard InChI is InChI=1S/C54H68ClN7O6S/c1-33-45(69-32-58-33)37-14-12-34(13-15-37)30-57-48(66)43-27-40(63)31-62(43)49(67)46(52(2,3)4)59-44(64)11-9-10-24-61-25-22-36(23-26-61)35-16-18-38(19-17-35)47(65)60-50-53(5,6)51(54(50,7)8)68-41-21-20-39(29-56)42(55)28-41/h12-21,28,32,36,40,43,46,50-51,63H,9-11,22-27,30-31H2,1-8H3,(H,57,66)(H,59,64)(H,60,65)/t40-,43+,46?,50?,51?/m1/s1. The van der Waals surface area contributed by atoms with Gasteiger partial charge in [-0.2, -0.15) is 5.26 Å². The molecule has 1 aliphatic carbocycles. The molecule has 3 atom stereocenters. The predicted octanol–water partition coefficient (Wildman–Crippen LogP) is 8.41. The molecule has 0 spiro atoms. The number of carbonyl (C=O) groups excluding carboxylic acids is 4. The number of hydrogen-bond donors (Lipinski definition) is 4. The summed E-state index contributed by atoms with van der Waals surface area (Å²) in [6.45, 7) is 19.1. The van der Waals surface area contributed by atoms with Crippen LogP contribution >= 0.6 is 22.9 Å². The normalized spacial score (nSPS) is 21.7. The Hall–Kier alpha value is -5.33. The van der Waals surface area contributed by atoms with E-state index in [-0.39, 0.29) is 72.5 Å². The third-order valence-electron chi connectivity index (χ3n) is 14.5. The summed E-state index contributed by atoms with van der Waals surface area (Å²) in [6, 6.07) is 21.2. The first-order valence-corrected chi connectivity index (χ1v) is 25.5. The van der Waals surface area contributed by atoms with E-state index in [1.807, 2.05) is 69.6 Å². The van der Waals surface area contributed by atoms with Gasteiger partial charge >= 0.3 is 0 Å². The van der Waals surface area contributed by atoms with Gasteiger partial charge in [0.25, 0.3) is 5.91 Å². The van der Waals surface area contributed by atoms with Gasteiger partial charge in [0.1, 0.15) is 30.0 Å². The number of β-amino-alcohol motifs (C(OH)–C–C–N with tert-alkyl or cyclic N) is 1. The van der Waals surface area contributed by atoms with Crippen LogP contribution in [0.3, 0.4) is 0 Å². The Labute approximate surface area is 416 Å². The highest BCUT2D eigenvalue weighted by atomic mass is 35.5. The van der Waals surface area contributed by atoms with Crippen molar-refractivity contribution in [2.24, 2.45) is 16.2 Å². The highest BCUT2D eigenvalue weighted by Gasteiger charge is 2.64. The molecule has 1 unspecified atom stereocenters. The van der Waals surface area contributed by atoms with Gasteiger partial charge in [-0.25, -0.2) is 4.98 Å². The second kappa shape index (κ2) is 21.3. The van der Waals surface area contributed by atoms with Gasteiger partial charge in [-0.15, -0.1) is 11.3 Å². The number of likely N-dealkylation sites (tertiary alicyclic amines) is 2. The van der Waals surface area contributed by atoms with Crippen LogP contribution in [0.25, 0.3) is 10.4 Å². The minimum atomic E-state index is -0.867. The van der Waals surface area contributed by atoms with E-state index in [1.54, 1.807) is 29.5 Å². The van der Waals surface area contributed by atoms with Crippen molar-refractivity contribution in [1.82, 2.24) is 30.7 Å². The van der Waals surface area contributed by atoms with Crippen molar-refractivity contribution in [3.63, 3.8) is 0 Å². The average molecular weight is 979 g/mol. The van der Waals surface area contributed by atoms with Gasteiger partial charge in [0, 0.05) is 54.4 Å². The number of amides is 4. The fraction of sp³-hybridized carbons (Fsp3) is 0.519. The Kier molecular flexibility index (Phi) is 15.9. The highest BCUT2D eigenvalue weighted by molar-refractivity contribution is 7.13. The van der Waals surface area contributed by atoms with Crippen LogP contribution < -0.4 is 20.7 Å². The number of thiazole rings is 1. The summed E-state index contributed by atoms with van der Waals surface area (Å²) in [5.41, 5.74) is 5.65. The van der Waals surface area contributed by atoms with Crippen LogP contribution in [0.4, 0.5) is 0 Å². The van der Waals surface area contributed by atoms with E-state index in [2.05, 4.69) is 71.7 Å². The highest BCUT2D eigenvalue weighted by Crippen LogP contribution is 2.55. The molecule has 0 bridgehead atoms. The maximum absolute atomic E-state index is 14.1. The molecule has 7 rings (SSSR count). The number of nitriles is 1. The lowest BCUT2D eigenvalue weighted by atomic mass is 9.49. The van der Waals surface area contributed by atoms with Gasteiger partial charge in [0.05, 0.1) is 32.8 Å². The number of hydrogen-bond acceptors (Lipinski definition) is 10. The number of halogens is 1. The zero-order valence-electron chi connectivity index (χ0n) is 41.2. The SMILES string of the molecule is Cc1ncsc1-c1ccc(CNC(=O)[C@@H]2C[C@@H](O)CN2C(=O)C(NC(=O)CCCCN2CCC(c3ccc(C(=O)NC4C(C)(C)C(Oc5ccc(C#N)c(Cl)c5)C4(C)C)cc3)CC2)C(C)(C)C)cc1. The molecule has 368 valence electrons. The molecule has 4 aromatic rings. The number of aromatic nitrogens is 1. The van der Waals surface area contributed by atoms with E-state index in [9.17, 15) is 29.5 Å². The molecule has 3 aromatic carbocycles. The van der Waals surface area contributed by atoms with E-state index in [0.29, 0.717) is 34.2 Å². The monoisotopic (exact) mass is 977 g/mol. The Bertz CT molecular complexity index is 2510. The third-order valence-corrected chi connectivity index (χ3v) is 15.8. The van der Waals surface area contributed by atoms with Crippen molar-refractivity contribution >= 4 is 46.6 Å². The number of carbonyl (C=O) groups is 4. The van der Waals surface area contributed by atoms with Crippen LogP contribution in [-0.4, -0.2) is 100 Å². The van der Waals surface area contributed by atoms with Gasteiger partial charge in [-0.05, 0) is 105 Å². The first-order chi connectivity index (χ1) is 32.7. The van der Waals surface area contributed by atoms with Crippen LogP contribution in [0.5, 0.6) is 5.75 Å². The van der Waals surface area contributed by atoms with Gasteiger partial charge in [0.2, 0.25) is 17.7 Å². The van der Waals surface area contributed by atoms with E-state index < -0.39 is 23.6 Å². The number of ether oxygens (including phenoxy) is 1. The molecule has 13 nitrogen and oxygen atoms in total. The Balaban J connectivity index is 0.823. The average Bonchev–Trinajstić information content (AvgIpc) is 3.94. The first-order valence-electron chi connectivity index (χ1n) is 24.2. The van der Waals surface area contributed by atoms with Gasteiger partial charge in [-0.3, -0.25) is 19.2 Å². The molecular weight excluding hydrogens is 910 g/mol. The van der Waals surface area contributed by atoms with Crippen LogP contribution in [0, 0.1) is 34.5 Å². The van der Waals surface area contributed by atoms with Crippen molar-refractivity contribution < 1.29 is 29.0 Å². The molecule has 1 aromatic heterocycles. The fourth-order valence-electron chi connectivity index (χ4n) is 10.8. The van der Waals surface area contributed by atoms with E-state index in [4.69, 9.17) is 16.3 Å². The molecule has 2 aliphatic heterocycles. The first kappa shape index (κ1) is 51.5. The minimum Gasteiger partial charge on any atom is -0.489 e. The molecule has 3 fully saturated rings. The number of rotatable bonds is 16. The van der Waals surface area contributed by atoms with Crippen LogP contribution in [0.15, 0.2) is 72.2 Å². The van der Waals surface area contributed by atoms with Crippen molar-refractivity contribution in [2.45, 2.75) is 137 Å². The number of piperidine rings is 1. The topological polar surface area (TPSA) is 177 Å². The Morgan fingerprint density at radius 2 is 1.67 bits per heavy atom. The van der Waals surface area contributed by atoms with E-state index in [0.717, 1.165) is 60.6 Å². The summed E-state index contributed by atoms with van der Waals surface area (Å²) in [4.78, 5) is 63.8. The number of benzene rings is 3. The van der Waals surface area contributed by atoms with Crippen molar-refractivity contribution in [3.8, 4) is 22.3 Å².